The van der Waals surface area contributed by atoms with Crippen LogP contribution in [0.4, 0.5) is 5.95 Å². The minimum Gasteiger partial charge on any atom is -0.480 e. The third-order valence-electron chi connectivity index (χ3n) is 4.21. The van der Waals surface area contributed by atoms with Gasteiger partial charge in [0.25, 0.3) is 0 Å². The number of halogens is 1. The van der Waals surface area contributed by atoms with Crippen LogP contribution >= 0.6 is 15.9 Å². The molecule has 2 rings (SSSR count). The molecule has 0 bridgehead atoms. The Kier molecular flexibility index (Phi) is 8.08. The van der Waals surface area contributed by atoms with Gasteiger partial charge in [0, 0.05) is 32.7 Å². The number of carbonyl (C=O) groups excluding carboxylic acids is 1. The molecule has 27 heavy (non-hydrogen) atoms. The van der Waals surface area contributed by atoms with E-state index >= 15 is 0 Å². The molecule has 0 radical (unpaired) electrons. The third-order valence-corrected chi connectivity index (χ3v) is 4.75. The molecule has 1 aliphatic rings. The van der Waals surface area contributed by atoms with Gasteiger partial charge in [-0.2, -0.15) is 4.98 Å². The van der Waals surface area contributed by atoms with Crippen LogP contribution in [0.2, 0.25) is 0 Å². The summed E-state index contributed by atoms with van der Waals surface area (Å²) < 4.78 is 10.7. The van der Waals surface area contributed by atoms with Crippen LogP contribution in [0.3, 0.4) is 0 Å². The van der Waals surface area contributed by atoms with Gasteiger partial charge in [0.1, 0.15) is 0 Å². The number of nitrogens with one attached hydrogen (secondary N) is 1. The van der Waals surface area contributed by atoms with Crippen LogP contribution in [0.1, 0.15) is 13.8 Å². The summed E-state index contributed by atoms with van der Waals surface area (Å²) in [6, 6.07) is 0. The molecule has 0 aromatic carbocycles. The van der Waals surface area contributed by atoms with Gasteiger partial charge in [-0.15, -0.1) is 0 Å². The molecule has 0 amide bonds. The van der Waals surface area contributed by atoms with Crippen LogP contribution in [0, 0.1) is 5.92 Å². The Hall–Kier alpha value is -2.10. The molecule has 1 unspecified atom stereocenters. The molecule has 150 valence electrons. The van der Waals surface area contributed by atoms with Crippen molar-refractivity contribution in [3.63, 3.8) is 0 Å². The van der Waals surface area contributed by atoms with E-state index in [1.807, 2.05) is 13.8 Å². The molecule has 0 saturated carbocycles. The lowest BCUT2D eigenvalue weighted by Gasteiger charge is -2.36. The van der Waals surface area contributed by atoms with Gasteiger partial charge in [-0.3, -0.25) is 9.79 Å². The number of nitrogens with zero attached hydrogens (tertiary/aromatic N) is 5. The predicted molar refractivity (Wildman–Crippen MR) is 107 cm³/mol. The van der Waals surface area contributed by atoms with Crippen LogP contribution in [0.25, 0.3) is 0 Å². The number of esters is 1. The highest BCUT2D eigenvalue weighted by Gasteiger charge is 2.22. The van der Waals surface area contributed by atoms with Crippen LogP contribution in [-0.4, -0.2) is 80.3 Å². The van der Waals surface area contributed by atoms with Gasteiger partial charge in [-0.25, -0.2) is 4.98 Å². The van der Waals surface area contributed by atoms with Crippen molar-refractivity contribution < 1.29 is 14.3 Å². The van der Waals surface area contributed by atoms with Gasteiger partial charge in [-0.05, 0) is 22.9 Å². The lowest BCUT2D eigenvalue weighted by Crippen LogP contribution is -2.53. The van der Waals surface area contributed by atoms with Gasteiger partial charge in [0.2, 0.25) is 11.8 Å². The highest BCUT2D eigenvalue weighted by molar-refractivity contribution is 9.10. The number of carbonyl (C=O) groups is 1. The fraction of sp³-hybridized carbons (Fsp3) is 0.647. The normalized spacial score (nSPS) is 16.1. The first-order chi connectivity index (χ1) is 13.0. The third kappa shape index (κ3) is 5.69. The second-order valence-corrected chi connectivity index (χ2v) is 6.97. The summed E-state index contributed by atoms with van der Waals surface area (Å²) in [5, 5.41) is 3.29. The van der Waals surface area contributed by atoms with Crippen LogP contribution in [0.15, 0.2) is 15.7 Å². The first kappa shape index (κ1) is 21.2. The summed E-state index contributed by atoms with van der Waals surface area (Å²) in [7, 11) is 2.98. The number of methoxy groups -OCH3 is 2. The average molecular weight is 443 g/mol. The van der Waals surface area contributed by atoms with E-state index in [2.05, 4.69) is 46.0 Å². The molecule has 0 spiro atoms. The van der Waals surface area contributed by atoms with Gasteiger partial charge >= 0.3 is 5.97 Å². The number of hydrogen-bond acceptors (Lipinski definition) is 7. The molecule has 1 aromatic heterocycles. The topological polar surface area (TPSA) is 92.2 Å². The van der Waals surface area contributed by atoms with Gasteiger partial charge in [-0.1, -0.05) is 6.92 Å². The number of aromatic nitrogens is 2. The molecular weight excluding hydrogens is 416 g/mol. The van der Waals surface area contributed by atoms with Gasteiger partial charge < -0.3 is 24.6 Å². The fourth-order valence-corrected chi connectivity index (χ4v) is 3.03. The van der Waals surface area contributed by atoms with E-state index in [9.17, 15) is 4.79 Å². The first-order valence-electron chi connectivity index (χ1n) is 8.92. The zero-order valence-electron chi connectivity index (χ0n) is 16.2. The number of piperazine rings is 1. The second-order valence-electron chi connectivity index (χ2n) is 6.12. The van der Waals surface area contributed by atoms with Crippen LogP contribution < -0.4 is 15.0 Å². The molecule has 0 aliphatic carbocycles. The molecule has 2 heterocycles. The highest BCUT2D eigenvalue weighted by Crippen LogP contribution is 2.23. The number of aliphatic imine (C=N–C) groups is 1. The van der Waals surface area contributed by atoms with Crippen molar-refractivity contribution >= 4 is 33.8 Å². The summed E-state index contributed by atoms with van der Waals surface area (Å²) in [5.74, 6) is 1.46. The van der Waals surface area contributed by atoms with Crippen molar-refractivity contribution in [2.75, 3.05) is 58.4 Å². The summed E-state index contributed by atoms with van der Waals surface area (Å²) in [6.07, 6.45) is 1.70. The monoisotopic (exact) mass is 442 g/mol. The van der Waals surface area contributed by atoms with E-state index < -0.39 is 0 Å². The lowest BCUT2D eigenvalue weighted by molar-refractivity contribution is -0.144. The number of ether oxygens (including phenoxy) is 2. The highest BCUT2D eigenvalue weighted by atomic mass is 79.9. The summed E-state index contributed by atoms with van der Waals surface area (Å²) in [6.45, 7) is 8.08. The van der Waals surface area contributed by atoms with Crippen LogP contribution in [-0.2, 0) is 9.53 Å². The Labute approximate surface area is 168 Å². The van der Waals surface area contributed by atoms with Gasteiger partial charge in [0.15, 0.2) is 5.96 Å². The Morgan fingerprint density at radius 2 is 2.07 bits per heavy atom. The molecule has 1 N–H and O–H groups in total. The minimum atomic E-state index is -0.270. The second kappa shape index (κ2) is 10.3. The van der Waals surface area contributed by atoms with E-state index in [4.69, 9.17) is 9.47 Å². The number of hydrogen-bond donors (Lipinski definition) is 1. The fourth-order valence-electron chi connectivity index (χ4n) is 2.68. The minimum absolute atomic E-state index is 0.249. The smallest absolute Gasteiger partial charge is 0.310 e. The maximum Gasteiger partial charge on any atom is 0.310 e. The Morgan fingerprint density at radius 1 is 1.37 bits per heavy atom. The SMILES string of the molecule is CCNC(=NCC(C)C(=O)OC)N1CCN(c2ncc(Br)c(OC)n2)CC1. The van der Waals surface area contributed by atoms with Crippen molar-refractivity contribution in [2.45, 2.75) is 13.8 Å². The molecule has 1 aliphatic heterocycles. The average Bonchev–Trinajstić information content (AvgIpc) is 2.70. The number of anilines is 1. The van der Waals surface area contributed by atoms with Crippen molar-refractivity contribution in [1.82, 2.24) is 20.2 Å². The van der Waals surface area contributed by atoms with E-state index in [0.717, 1.165) is 43.2 Å². The Morgan fingerprint density at radius 3 is 2.67 bits per heavy atom. The van der Waals surface area contributed by atoms with E-state index in [0.29, 0.717) is 18.4 Å². The van der Waals surface area contributed by atoms with E-state index in [-0.39, 0.29) is 11.9 Å². The zero-order valence-corrected chi connectivity index (χ0v) is 17.8. The molecule has 10 heteroatoms. The molecular formula is C17H27BrN6O3. The Balaban J connectivity index is 1.99. The van der Waals surface area contributed by atoms with Crippen molar-refractivity contribution in [3.05, 3.63) is 10.7 Å². The lowest BCUT2D eigenvalue weighted by atomic mass is 10.2. The molecule has 1 aromatic rings. The predicted octanol–water partition coefficient (Wildman–Crippen LogP) is 1.14. The summed E-state index contributed by atoms with van der Waals surface area (Å²) in [5.41, 5.74) is 0. The van der Waals surface area contributed by atoms with Crippen molar-refractivity contribution in [1.29, 1.82) is 0 Å². The van der Waals surface area contributed by atoms with Crippen molar-refractivity contribution in [2.24, 2.45) is 10.9 Å². The van der Waals surface area contributed by atoms with Crippen LogP contribution in [0.5, 0.6) is 5.88 Å². The first-order valence-corrected chi connectivity index (χ1v) is 9.72. The number of guanidine groups is 1. The number of rotatable bonds is 6. The van der Waals surface area contributed by atoms with E-state index in [1.54, 1.807) is 13.3 Å². The standard InChI is InChI=1S/C17H27BrN6O3/c1-5-19-16(20-10-12(2)15(25)27-4)23-6-8-24(9-7-23)17-21-11-13(18)14(22-17)26-3/h11-12H,5-10H2,1-4H3,(H,19,20). The molecule has 1 atom stereocenters. The van der Waals surface area contributed by atoms with Gasteiger partial charge in [0.05, 0.1) is 37.4 Å². The largest absolute Gasteiger partial charge is 0.480 e. The maximum absolute atomic E-state index is 11.6. The quantitative estimate of drug-likeness (QED) is 0.398. The molecule has 1 fully saturated rings. The molecule has 9 nitrogen and oxygen atoms in total. The maximum atomic E-state index is 11.6. The Bertz CT molecular complexity index is 664. The summed E-state index contributed by atoms with van der Waals surface area (Å²) in [4.78, 5) is 29.3. The van der Waals surface area contributed by atoms with E-state index in [1.165, 1.54) is 7.11 Å². The summed E-state index contributed by atoms with van der Waals surface area (Å²) >= 11 is 3.37. The molecule has 1 saturated heterocycles. The van der Waals surface area contributed by atoms with Crippen molar-refractivity contribution in [3.8, 4) is 5.88 Å². The zero-order chi connectivity index (χ0) is 19.8.